The number of carboxylic acid groups (broad SMARTS) is 1. The molecule has 5 nitrogen and oxygen atoms in total. The Morgan fingerprint density at radius 3 is 2.11 bits per heavy atom. The Kier molecular flexibility index (Phi) is 8.52. The lowest BCUT2D eigenvalue weighted by Gasteiger charge is -2.33. The van der Waals surface area contributed by atoms with Crippen LogP contribution < -0.4 is 9.64 Å². The van der Waals surface area contributed by atoms with E-state index in [0.29, 0.717) is 29.8 Å². The number of benzene rings is 3. The fourth-order valence-electron chi connectivity index (χ4n) is 3.77. The second kappa shape index (κ2) is 11.1. The fraction of sp³-hybridized carbons (Fsp3) is 0.269. The zero-order chi connectivity index (χ0) is 28.3. The van der Waals surface area contributed by atoms with Crippen LogP contribution in [0.15, 0.2) is 66.7 Å². The van der Waals surface area contributed by atoms with Gasteiger partial charge < -0.3 is 14.9 Å². The number of hydrogen-bond acceptors (Lipinski definition) is 3. The van der Waals surface area contributed by atoms with Gasteiger partial charge in [-0.05, 0) is 60.0 Å². The number of carbonyl (C=O) groups is 1. The summed E-state index contributed by atoms with van der Waals surface area (Å²) < 4.78 is 85.9. The minimum Gasteiger partial charge on any atom is -0.465 e. The SMILES string of the molecule is CCCc1cc(C(O)(C(F)(F)F)C(F)(F)F)ccc1Oc1ccc(Cl)c(CN(C(=O)O)c2ccccc2)c1. The van der Waals surface area contributed by atoms with Gasteiger partial charge >= 0.3 is 18.4 Å². The molecular formula is C26H22ClF6NO4. The Hall–Kier alpha value is -3.44. The van der Waals surface area contributed by atoms with Crippen molar-refractivity contribution in [3.05, 3.63) is 88.4 Å². The highest BCUT2D eigenvalue weighted by molar-refractivity contribution is 6.31. The van der Waals surface area contributed by atoms with Crippen LogP contribution in [0.4, 0.5) is 36.8 Å². The van der Waals surface area contributed by atoms with Crippen LogP contribution in [0.5, 0.6) is 11.5 Å². The average Bonchev–Trinajstić information content (AvgIpc) is 2.84. The minimum atomic E-state index is -6.02. The van der Waals surface area contributed by atoms with Crippen LogP contribution in [0.25, 0.3) is 0 Å². The summed E-state index contributed by atoms with van der Waals surface area (Å²) in [6, 6.07) is 14.5. The van der Waals surface area contributed by atoms with Gasteiger partial charge in [0.05, 0.1) is 6.54 Å². The second-order valence-corrected chi connectivity index (χ2v) is 8.75. The number of aliphatic hydroxyl groups is 1. The molecule has 0 heterocycles. The maximum atomic E-state index is 13.4. The maximum absolute atomic E-state index is 13.4. The van der Waals surface area contributed by atoms with Crippen molar-refractivity contribution in [1.82, 2.24) is 0 Å². The Morgan fingerprint density at radius 2 is 1.55 bits per heavy atom. The van der Waals surface area contributed by atoms with Crippen molar-refractivity contribution in [2.75, 3.05) is 4.90 Å². The first-order valence-corrected chi connectivity index (χ1v) is 11.6. The van der Waals surface area contributed by atoms with E-state index >= 15 is 0 Å². The Balaban J connectivity index is 1.98. The summed E-state index contributed by atoms with van der Waals surface area (Å²) in [5.74, 6) is 0.0866. The molecule has 0 bridgehead atoms. The molecule has 0 atom stereocenters. The van der Waals surface area contributed by atoms with Gasteiger partial charge in [0.2, 0.25) is 0 Å². The highest BCUT2D eigenvalue weighted by atomic mass is 35.5. The summed E-state index contributed by atoms with van der Waals surface area (Å²) in [4.78, 5) is 12.9. The number of alkyl halides is 6. The molecule has 12 heteroatoms. The van der Waals surface area contributed by atoms with Crippen LogP contribution in [0.3, 0.4) is 0 Å². The van der Waals surface area contributed by atoms with Crippen LogP contribution in [0, 0.1) is 0 Å². The summed E-state index contributed by atoms with van der Waals surface area (Å²) in [5.41, 5.74) is -5.72. The highest BCUT2D eigenvalue weighted by Gasteiger charge is 2.71. The molecule has 0 aliphatic heterocycles. The molecule has 0 aromatic heterocycles. The van der Waals surface area contributed by atoms with E-state index in [1.807, 2.05) is 0 Å². The van der Waals surface area contributed by atoms with Crippen LogP contribution in [-0.4, -0.2) is 28.7 Å². The molecule has 0 saturated carbocycles. The largest absolute Gasteiger partial charge is 0.465 e. The first-order valence-electron chi connectivity index (χ1n) is 11.2. The number of amides is 1. The molecule has 0 unspecified atom stereocenters. The third-order valence-electron chi connectivity index (χ3n) is 5.69. The van der Waals surface area contributed by atoms with Gasteiger partial charge in [0.1, 0.15) is 11.5 Å². The van der Waals surface area contributed by atoms with Crippen LogP contribution in [0.1, 0.15) is 30.0 Å². The monoisotopic (exact) mass is 561 g/mol. The van der Waals surface area contributed by atoms with Gasteiger partial charge in [-0.1, -0.05) is 49.2 Å². The van der Waals surface area contributed by atoms with E-state index in [2.05, 4.69) is 0 Å². The van der Waals surface area contributed by atoms with Crippen LogP contribution in [-0.2, 0) is 18.6 Å². The molecule has 3 rings (SSSR count). The van der Waals surface area contributed by atoms with Gasteiger partial charge in [0, 0.05) is 16.3 Å². The first kappa shape index (κ1) is 29.1. The lowest BCUT2D eigenvalue weighted by Crippen LogP contribution is -2.53. The first-order chi connectivity index (χ1) is 17.7. The van der Waals surface area contributed by atoms with Crippen molar-refractivity contribution >= 4 is 23.4 Å². The molecule has 0 fully saturated rings. The smallest absolute Gasteiger partial charge is 0.430 e. The summed E-state index contributed by atoms with van der Waals surface area (Å²) in [6.07, 6.45) is -12.9. The predicted octanol–water partition coefficient (Wildman–Crippen LogP) is 8.08. The van der Waals surface area contributed by atoms with E-state index in [1.165, 1.54) is 18.2 Å². The average molecular weight is 562 g/mol. The van der Waals surface area contributed by atoms with Crippen molar-refractivity contribution in [2.24, 2.45) is 0 Å². The standard InChI is InChI=1S/C26H22ClF6NO4/c1-2-6-16-13-18(24(37,25(28,29)30)26(31,32)33)9-12-22(16)38-20-10-11-21(27)17(14-20)15-34(23(35)36)19-7-4-3-5-8-19/h3-5,7-14,37H,2,6,15H2,1H3,(H,35,36). The molecule has 0 aliphatic rings. The second-order valence-electron chi connectivity index (χ2n) is 8.34. The molecule has 3 aromatic rings. The molecule has 3 aromatic carbocycles. The number of hydrogen-bond donors (Lipinski definition) is 2. The molecule has 2 N–H and O–H groups in total. The molecule has 0 spiro atoms. The van der Waals surface area contributed by atoms with Crippen LogP contribution in [0.2, 0.25) is 5.02 Å². The van der Waals surface area contributed by atoms with Crippen molar-refractivity contribution in [1.29, 1.82) is 0 Å². The normalized spacial score (nSPS) is 12.3. The molecular weight excluding hydrogens is 540 g/mol. The number of anilines is 1. The minimum absolute atomic E-state index is 0.00451. The van der Waals surface area contributed by atoms with Crippen molar-refractivity contribution < 1.29 is 46.1 Å². The van der Waals surface area contributed by atoms with E-state index in [4.69, 9.17) is 16.3 Å². The predicted molar refractivity (Wildman–Crippen MR) is 129 cm³/mol. The van der Waals surface area contributed by atoms with E-state index in [0.717, 1.165) is 11.0 Å². The zero-order valence-electron chi connectivity index (χ0n) is 19.8. The third-order valence-corrected chi connectivity index (χ3v) is 6.06. The van der Waals surface area contributed by atoms with E-state index in [9.17, 15) is 41.4 Å². The van der Waals surface area contributed by atoms with Crippen molar-refractivity contribution in [2.45, 2.75) is 44.3 Å². The lowest BCUT2D eigenvalue weighted by atomic mass is 9.90. The van der Waals surface area contributed by atoms with Gasteiger partial charge in [0.25, 0.3) is 5.60 Å². The number of nitrogens with zero attached hydrogens (tertiary/aromatic N) is 1. The molecule has 1 amide bonds. The number of halogens is 7. The van der Waals surface area contributed by atoms with Gasteiger partial charge in [-0.25, -0.2) is 4.79 Å². The molecule has 38 heavy (non-hydrogen) atoms. The molecule has 0 aliphatic carbocycles. The van der Waals surface area contributed by atoms with Crippen LogP contribution >= 0.6 is 11.6 Å². The topological polar surface area (TPSA) is 70.0 Å². The number of rotatable bonds is 8. The van der Waals surface area contributed by atoms with Gasteiger partial charge in [-0.15, -0.1) is 0 Å². The van der Waals surface area contributed by atoms with Gasteiger partial charge in [0.15, 0.2) is 0 Å². The maximum Gasteiger partial charge on any atom is 0.430 e. The highest BCUT2D eigenvalue weighted by Crippen LogP contribution is 2.50. The van der Waals surface area contributed by atoms with E-state index in [-0.39, 0.29) is 35.1 Å². The Bertz CT molecular complexity index is 1270. The summed E-state index contributed by atoms with van der Waals surface area (Å²) >= 11 is 6.26. The quantitative estimate of drug-likeness (QED) is 0.273. The molecule has 0 saturated heterocycles. The number of ether oxygens (including phenoxy) is 1. The number of aryl methyl sites for hydroxylation is 1. The summed E-state index contributed by atoms with van der Waals surface area (Å²) in [7, 11) is 0. The van der Waals surface area contributed by atoms with E-state index in [1.54, 1.807) is 37.3 Å². The zero-order valence-corrected chi connectivity index (χ0v) is 20.5. The third kappa shape index (κ3) is 5.99. The van der Waals surface area contributed by atoms with Crippen molar-refractivity contribution in [3.63, 3.8) is 0 Å². The lowest BCUT2D eigenvalue weighted by molar-refractivity contribution is -0.376. The Morgan fingerprint density at radius 1 is 0.921 bits per heavy atom. The molecule has 204 valence electrons. The van der Waals surface area contributed by atoms with E-state index < -0.39 is 29.6 Å². The van der Waals surface area contributed by atoms with Gasteiger partial charge in [-0.2, -0.15) is 26.3 Å². The Labute approximate surface area is 218 Å². The summed E-state index contributed by atoms with van der Waals surface area (Å²) in [5, 5.41) is 19.6. The molecule has 0 radical (unpaired) electrons. The summed E-state index contributed by atoms with van der Waals surface area (Å²) in [6.45, 7) is 1.50. The number of para-hydroxylation sites is 1. The van der Waals surface area contributed by atoms with Crippen molar-refractivity contribution in [3.8, 4) is 11.5 Å². The fourth-order valence-corrected chi connectivity index (χ4v) is 3.94. The van der Waals surface area contributed by atoms with Gasteiger partial charge in [-0.3, -0.25) is 4.90 Å².